The molecule has 0 atom stereocenters. The zero-order valence-electron chi connectivity index (χ0n) is 9.34. The number of hydrogen-bond donors (Lipinski definition) is 0. The molecule has 1 aromatic carbocycles. The van der Waals surface area contributed by atoms with Gasteiger partial charge in [-0.1, -0.05) is 30.3 Å². The third-order valence-electron chi connectivity index (χ3n) is 2.16. The fourth-order valence-electron chi connectivity index (χ4n) is 1.46. The van der Waals surface area contributed by atoms with Crippen LogP contribution >= 0.6 is 0 Å². The predicted molar refractivity (Wildman–Crippen MR) is 60.4 cm³/mol. The second-order valence-corrected chi connectivity index (χ2v) is 3.45. The first-order valence-corrected chi connectivity index (χ1v) is 5.07. The molecule has 2 rings (SSSR count). The topological polar surface area (TPSA) is 47.9 Å². The number of aryl methyl sites for hydroxylation is 1. The normalized spacial score (nSPS) is 10.1. The van der Waals surface area contributed by atoms with Gasteiger partial charge in [-0.25, -0.2) is 4.98 Å². The van der Waals surface area contributed by atoms with Crippen LogP contribution in [0.5, 0.6) is 6.01 Å². The zero-order valence-corrected chi connectivity index (χ0v) is 9.34. The average molecular weight is 215 g/mol. The van der Waals surface area contributed by atoms with E-state index in [1.165, 1.54) is 5.56 Å². The Bertz CT molecular complexity index is 471. The van der Waals surface area contributed by atoms with Gasteiger partial charge < -0.3 is 4.74 Å². The summed E-state index contributed by atoms with van der Waals surface area (Å²) in [5.41, 5.74) is 1.18. The standard InChI is InChI=1S/C12H13N3O/c1-9-13-11(15-12(14-9)16-2)8-10-6-4-3-5-7-10/h3-7H,8H2,1-2H3. The molecule has 0 unspecified atom stereocenters. The van der Waals surface area contributed by atoms with Gasteiger partial charge in [0.2, 0.25) is 0 Å². The molecule has 0 radical (unpaired) electrons. The molecule has 0 bridgehead atoms. The Morgan fingerprint density at radius 1 is 1.06 bits per heavy atom. The number of aromatic nitrogens is 3. The summed E-state index contributed by atoms with van der Waals surface area (Å²) in [5.74, 6) is 1.41. The van der Waals surface area contributed by atoms with Gasteiger partial charge in [0.25, 0.3) is 0 Å². The Kier molecular flexibility index (Phi) is 3.10. The number of ether oxygens (including phenoxy) is 1. The molecule has 1 aromatic heterocycles. The van der Waals surface area contributed by atoms with E-state index in [1.54, 1.807) is 7.11 Å². The number of nitrogens with zero attached hydrogens (tertiary/aromatic N) is 3. The molecule has 0 amide bonds. The molecule has 2 aromatic rings. The second-order valence-electron chi connectivity index (χ2n) is 3.45. The minimum Gasteiger partial charge on any atom is -0.467 e. The maximum atomic E-state index is 5.01. The van der Waals surface area contributed by atoms with Crippen molar-refractivity contribution in [2.24, 2.45) is 0 Å². The molecule has 0 fully saturated rings. The van der Waals surface area contributed by atoms with Crippen LogP contribution in [0.25, 0.3) is 0 Å². The van der Waals surface area contributed by atoms with Gasteiger partial charge in [-0.05, 0) is 12.5 Å². The van der Waals surface area contributed by atoms with Crippen molar-refractivity contribution in [2.45, 2.75) is 13.3 Å². The minimum atomic E-state index is 0.374. The van der Waals surface area contributed by atoms with Crippen LogP contribution in [0, 0.1) is 6.92 Å². The van der Waals surface area contributed by atoms with Crippen LogP contribution in [-0.2, 0) is 6.42 Å². The van der Waals surface area contributed by atoms with E-state index in [4.69, 9.17) is 4.74 Å². The summed E-state index contributed by atoms with van der Waals surface area (Å²) in [4.78, 5) is 12.5. The van der Waals surface area contributed by atoms with Crippen molar-refractivity contribution in [2.75, 3.05) is 7.11 Å². The maximum absolute atomic E-state index is 5.01. The lowest BCUT2D eigenvalue weighted by atomic mass is 10.1. The molecule has 0 aliphatic carbocycles. The fraction of sp³-hybridized carbons (Fsp3) is 0.250. The van der Waals surface area contributed by atoms with Crippen LogP contribution in [0.15, 0.2) is 30.3 Å². The van der Waals surface area contributed by atoms with Gasteiger partial charge in [0.05, 0.1) is 7.11 Å². The zero-order chi connectivity index (χ0) is 11.4. The third-order valence-corrected chi connectivity index (χ3v) is 2.16. The minimum absolute atomic E-state index is 0.374. The van der Waals surface area contributed by atoms with Gasteiger partial charge in [-0.15, -0.1) is 0 Å². The van der Waals surface area contributed by atoms with Crippen LogP contribution in [0.2, 0.25) is 0 Å². The molecule has 0 saturated heterocycles. The molecule has 4 heteroatoms. The predicted octanol–water partition coefficient (Wildman–Crippen LogP) is 1.78. The van der Waals surface area contributed by atoms with E-state index in [0.29, 0.717) is 18.3 Å². The molecule has 16 heavy (non-hydrogen) atoms. The molecule has 0 saturated carbocycles. The molecule has 0 aliphatic heterocycles. The molecule has 82 valence electrons. The van der Waals surface area contributed by atoms with E-state index in [0.717, 1.165) is 5.82 Å². The van der Waals surface area contributed by atoms with Crippen molar-refractivity contribution in [1.82, 2.24) is 15.0 Å². The first kappa shape index (κ1) is 10.5. The molecular formula is C12H13N3O. The van der Waals surface area contributed by atoms with Crippen molar-refractivity contribution in [3.05, 3.63) is 47.5 Å². The van der Waals surface area contributed by atoms with Gasteiger partial charge in [-0.3, -0.25) is 0 Å². The molecule has 0 aliphatic rings. The Hall–Kier alpha value is -1.97. The van der Waals surface area contributed by atoms with Crippen molar-refractivity contribution < 1.29 is 4.74 Å². The van der Waals surface area contributed by atoms with Crippen molar-refractivity contribution in [1.29, 1.82) is 0 Å². The van der Waals surface area contributed by atoms with E-state index >= 15 is 0 Å². The largest absolute Gasteiger partial charge is 0.467 e. The Balaban J connectivity index is 2.24. The van der Waals surface area contributed by atoms with E-state index in [9.17, 15) is 0 Å². The van der Waals surface area contributed by atoms with Crippen LogP contribution in [0.4, 0.5) is 0 Å². The molecule has 0 N–H and O–H groups in total. The van der Waals surface area contributed by atoms with Gasteiger partial charge >= 0.3 is 6.01 Å². The number of hydrogen-bond acceptors (Lipinski definition) is 4. The number of methoxy groups -OCH3 is 1. The summed E-state index contributed by atoms with van der Waals surface area (Å²) >= 11 is 0. The highest BCUT2D eigenvalue weighted by Crippen LogP contribution is 2.08. The molecule has 0 spiro atoms. The number of benzene rings is 1. The van der Waals surface area contributed by atoms with Gasteiger partial charge in [0.15, 0.2) is 0 Å². The summed E-state index contributed by atoms with van der Waals surface area (Å²) < 4.78 is 5.01. The van der Waals surface area contributed by atoms with E-state index in [-0.39, 0.29) is 0 Å². The van der Waals surface area contributed by atoms with Crippen molar-refractivity contribution in [3.63, 3.8) is 0 Å². The Labute approximate surface area is 94.4 Å². The lowest BCUT2D eigenvalue weighted by Gasteiger charge is -2.03. The van der Waals surface area contributed by atoms with Crippen molar-refractivity contribution >= 4 is 0 Å². The smallest absolute Gasteiger partial charge is 0.319 e. The van der Waals surface area contributed by atoms with E-state index in [2.05, 4.69) is 15.0 Å². The Morgan fingerprint density at radius 2 is 1.81 bits per heavy atom. The highest BCUT2D eigenvalue weighted by atomic mass is 16.5. The summed E-state index contributed by atoms with van der Waals surface area (Å²) in [5, 5.41) is 0. The SMILES string of the molecule is COc1nc(C)nc(Cc2ccccc2)n1. The fourth-order valence-corrected chi connectivity index (χ4v) is 1.46. The lowest BCUT2D eigenvalue weighted by molar-refractivity contribution is 0.374. The summed E-state index contributed by atoms with van der Waals surface area (Å²) in [6.07, 6.45) is 0.695. The highest BCUT2D eigenvalue weighted by Gasteiger charge is 2.04. The summed E-state index contributed by atoms with van der Waals surface area (Å²) in [7, 11) is 1.56. The van der Waals surface area contributed by atoms with Gasteiger partial charge in [0, 0.05) is 6.42 Å². The first-order chi connectivity index (χ1) is 7.78. The first-order valence-electron chi connectivity index (χ1n) is 5.07. The van der Waals surface area contributed by atoms with E-state index in [1.807, 2.05) is 37.3 Å². The van der Waals surface area contributed by atoms with E-state index < -0.39 is 0 Å². The molecule has 1 heterocycles. The van der Waals surface area contributed by atoms with Crippen molar-refractivity contribution in [3.8, 4) is 6.01 Å². The third kappa shape index (κ3) is 2.53. The quantitative estimate of drug-likeness (QED) is 0.783. The monoisotopic (exact) mass is 215 g/mol. The maximum Gasteiger partial charge on any atom is 0.319 e. The summed E-state index contributed by atoms with van der Waals surface area (Å²) in [6, 6.07) is 10.5. The summed E-state index contributed by atoms with van der Waals surface area (Å²) in [6.45, 7) is 1.83. The lowest BCUT2D eigenvalue weighted by Crippen LogP contribution is -2.03. The van der Waals surface area contributed by atoms with Crippen LogP contribution < -0.4 is 4.74 Å². The van der Waals surface area contributed by atoms with Crippen LogP contribution in [-0.4, -0.2) is 22.1 Å². The Morgan fingerprint density at radius 3 is 2.50 bits per heavy atom. The van der Waals surface area contributed by atoms with Crippen LogP contribution in [0.3, 0.4) is 0 Å². The van der Waals surface area contributed by atoms with Gasteiger partial charge in [-0.2, -0.15) is 9.97 Å². The number of rotatable bonds is 3. The molecular weight excluding hydrogens is 202 g/mol. The average Bonchev–Trinajstić information content (AvgIpc) is 2.29. The second kappa shape index (κ2) is 4.70. The highest BCUT2D eigenvalue weighted by molar-refractivity contribution is 5.19. The van der Waals surface area contributed by atoms with Gasteiger partial charge in [0.1, 0.15) is 11.6 Å². The van der Waals surface area contributed by atoms with Crippen LogP contribution in [0.1, 0.15) is 17.2 Å². The molecule has 4 nitrogen and oxygen atoms in total.